The molecule has 136 valence electrons. The van der Waals surface area contributed by atoms with E-state index in [4.69, 9.17) is 4.52 Å². The van der Waals surface area contributed by atoms with Crippen molar-refractivity contribution < 1.29 is 9.32 Å². The van der Waals surface area contributed by atoms with Crippen LogP contribution in [0.3, 0.4) is 0 Å². The molecule has 2 aliphatic rings. The van der Waals surface area contributed by atoms with Crippen LogP contribution in [0.4, 0.5) is 0 Å². The first-order valence-corrected chi connectivity index (χ1v) is 9.52. The van der Waals surface area contributed by atoms with Gasteiger partial charge in [0, 0.05) is 43.4 Å². The molecule has 0 bridgehead atoms. The summed E-state index contributed by atoms with van der Waals surface area (Å²) in [6.07, 6.45) is 4.45. The summed E-state index contributed by atoms with van der Waals surface area (Å²) in [5, 5.41) is 11.4. The minimum absolute atomic E-state index is 0. The van der Waals surface area contributed by atoms with Gasteiger partial charge in [-0.25, -0.2) is 0 Å². The van der Waals surface area contributed by atoms with Crippen LogP contribution in [-0.4, -0.2) is 47.1 Å². The van der Waals surface area contributed by atoms with Crippen molar-refractivity contribution in [2.75, 3.05) is 26.2 Å². The number of carbonyl (C=O) groups excluding carboxylic acids is 1. The van der Waals surface area contributed by atoms with Gasteiger partial charge in [0.2, 0.25) is 17.6 Å². The molecule has 4 rings (SSSR count). The molecule has 6 nitrogen and oxygen atoms in total. The number of aromatic nitrogens is 2. The Balaban J connectivity index is 0.00000182. The highest BCUT2D eigenvalue weighted by Crippen LogP contribution is 2.37. The number of rotatable bonds is 4. The molecule has 0 aliphatic carbocycles. The summed E-state index contributed by atoms with van der Waals surface area (Å²) in [5.74, 6) is 1.34. The van der Waals surface area contributed by atoms with Crippen molar-refractivity contribution in [3.05, 3.63) is 22.7 Å². The molecule has 1 N–H and O–H groups in total. The SMILES string of the molecule is Cl.O=C(CCc1nc(-c2ccsc2)no1)N1CCC2(CCNC2)CC1. The summed E-state index contributed by atoms with van der Waals surface area (Å²) in [7, 11) is 0. The van der Waals surface area contributed by atoms with Crippen molar-refractivity contribution in [3.63, 3.8) is 0 Å². The number of aryl methyl sites for hydroxylation is 1. The van der Waals surface area contributed by atoms with E-state index in [-0.39, 0.29) is 18.3 Å². The Kier molecular flexibility index (Phi) is 5.76. The van der Waals surface area contributed by atoms with E-state index >= 15 is 0 Å². The van der Waals surface area contributed by atoms with Crippen molar-refractivity contribution in [2.24, 2.45) is 5.41 Å². The first-order chi connectivity index (χ1) is 11.7. The lowest BCUT2D eigenvalue weighted by atomic mass is 9.78. The number of nitrogens with zero attached hydrogens (tertiary/aromatic N) is 3. The van der Waals surface area contributed by atoms with E-state index in [1.807, 2.05) is 21.7 Å². The first-order valence-electron chi connectivity index (χ1n) is 8.58. The van der Waals surface area contributed by atoms with Gasteiger partial charge < -0.3 is 14.7 Å². The third-order valence-electron chi connectivity index (χ3n) is 5.31. The molecule has 0 aromatic carbocycles. The van der Waals surface area contributed by atoms with Gasteiger partial charge >= 0.3 is 0 Å². The zero-order chi connectivity index (χ0) is 16.4. The van der Waals surface area contributed by atoms with Gasteiger partial charge in [-0.1, -0.05) is 5.16 Å². The minimum Gasteiger partial charge on any atom is -0.343 e. The van der Waals surface area contributed by atoms with Crippen molar-refractivity contribution in [3.8, 4) is 11.4 Å². The number of likely N-dealkylation sites (tertiary alicyclic amines) is 1. The second kappa shape index (κ2) is 7.85. The van der Waals surface area contributed by atoms with Gasteiger partial charge in [0.15, 0.2) is 0 Å². The minimum atomic E-state index is 0. The molecule has 1 amide bonds. The van der Waals surface area contributed by atoms with Crippen molar-refractivity contribution in [2.45, 2.75) is 32.1 Å². The molecular weight excluding hydrogens is 360 g/mol. The maximum Gasteiger partial charge on any atom is 0.227 e. The Labute approximate surface area is 157 Å². The largest absolute Gasteiger partial charge is 0.343 e. The van der Waals surface area contributed by atoms with E-state index in [1.54, 1.807) is 11.3 Å². The topological polar surface area (TPSA) is 71.3 Å². The summed E-state index contributed by atoms with van der Waals surface area (Å²) in [5.41, 5.74) is 1.41. The fraction of sp³-hybridized carbons (Fsp3) is 0.588. The average Bonchev–Trinajstić information content (AvgIpc) is 3.35. The lowest BCUT2D eigenvalue weighted by Gasteiger charge is -2.38. The molecule has 2 aliphatic heterocycles. The van der Waals surface area contributed by atoms with Crippen LogP contribution in [0.5, 0.6) is 0 Å². The molecule has 0 saturated carbocycles. The van der Waals surface area contributed by atoms with Crippen LogP contribution < -0.4 is 5.32 Å². The maximum atomic E-state index is 12.4. The Morgan fingerprint density at radius 1 is 1.36 bits per heavy atom. The van der Waals surface area contributed by atoms with Gasteiger partial charge in [-0.15, -0.1) is 12.4 Å². The highest BCUT2D eigenvalue weighted by Gasteiger charge is 2.37. The maximum absolute atomic E-state index is 12.4. The quantitative estimate of drug-likeness (QED) is 0.880. The molecule has 2 aromatic rings. The molecular formula is C17H23ClN4O2S. The number of hydrogen-bond donors (Lipinski definition) is 1. The number of thiophene rings is 1. The fourth-order valence-electron chi connectivity index (χ4n) is 3.69. The van der Waals surface area contributed by atoms with Crippen LogP contribution in [0.1, 0.15) is 31.6 Å². The van der Waals surface area contributed by atoms with Gasteiger partial charge in [0.1, 0.15) is 0 Å². The number of halogens is 1. The molecule has 0 radical (unpaired) electrons. The molecule has 2 aromatic heterocycles. The molecule has 0 unspecified atom stereocenters. The monoisotopic (exact) mass is 382 g/mol. The van der Waals surface area contributed by atoms with E-state index < -0.39 is 0 Å². The third kappa shape index (κ3) is 4.04. The van der Waals surface area contributed by atoms with E-state index in [0.29, 0.717) is 30.0 Å². The van der Waals surface area contributed by atoms with E-state index in [2.05, 4.69) is 15.5 Å². The van der Waals surface area contributed by atoms with Gasteiger partial charge in [-0.05, 0) is 42.7 Å². The number of piperidine rings is 1. The summed E-state index contributed by atoms with van der Waals surface area (Å²) in [4.78, 5) is 18.8. The van der Waals surface area contributed by atoms with Gasteiger partial charge in [0.05, 0.1) is 0 Å². The first kappa shape index (κ1) is 18.4. The second-order valence-corrected chi connectivity index (χ2v) is 7.61. The van der Waals surface area contributed by atoms with Crippen LogP contribution in [0, 0.1) is 5.41 Å². The molecule has 4 heterocycles. The Hall–Kier alpha value is -1.44. The molecule has 0 atom stereocenters. The van der Waals surface area contributed by atoms with Crippen LogP contribution in [0.25, 0.3) is 11.4 Å². The molecule has 2 fully saturated rings. The summed E-state index contributed by atoms with van der Waals surface area (Å²) in [6.45, 7) is 3.99. The third-order valence-corrected chi connectivity index (χ3v) is 5.99. The normalized spacial score (nSPS) is 19.1. The molecule has 2 saturated heterocycles. The van der Waals surface area contributed by atoms with Gasteiger partial charge in [-0.3, -0.25) is 4.79 Å². The number of amides is 1. The highest BCUT2D eigenvalue weighted by molar-refractivity contribution is 7.08. The van der Waals surface area contributed by atoms with Crippen LogP contribution in [0.15, 0.2) is 21.3 Å². The van der Waals surface area contributed by atoms with Crippen molar-refractivity contribution >= 4 is 29.7 Å². The molecule has 25 heavy (non-hydrogen) atoms. The number of carbonyl (C=O) groups is 1. The Bertz CT molecular complexity index is 687. The van der Waals surface area contributed by atoms with Crippen LogP contribution in [-0.2, 0) is 11.2 Å². The lowest BCUT2D eigenvalue weighted by Crippen LogP contribution is -2.44. The van der Waals surface area contributed by atoms with Crippen LogP contribution in [0.2, 0.25) is 0 Å². The molecule has 8 heteroatoms. The summed E-state index contributed by atoms with van der Waals surface area (Å²) < 4.78 is 5.27. The lowest BCUT2D eigenvalue weighted by molar-refractivity contribution is -0.133. The average molecular weight is 383 g/mol. The highest BCUT2D eigenvalue weighted by atomic mass is 35.5. The zero-order valence-electron chi connectivity index (χ0n) is 14.1. The zero-order valence-corrected chi connectivity index (χ0v) is 15.7. The fourth-order valence-corrected chi connectivity index (χ4v) is 4.32. The van der Waals surface area contributed by atoms with E-state index in [1.165, 1.54) is 6.42 Å². The van der Waals surface area contributed by atoms with Crippen molar-refractivity contribution in [1.29, 1.82) is 0 Å². The number of hydrogen-bond acceptors (Lipinski definition) is 6. The summed E-state index contributed by atoms with van der Waals surface area (Å²) >= 11 is 1.60. The number of nitrogens with one attached hydrogen (secondary N) is 1. The van der Waals surface area contributed by atoms with Crippen LogP contribution >= 0.6 is 23.7 Å². The van der Waals surface area contributed by atoms with Crippen molar-refractivity contribution in [1.82, 2.24) is 20.4 Å². The van der Waals surface area contributed by atoms with E-state index in [0.717, 1.165) is 44.6 Å². The standard InChI is InChI=1S/C17H22N4O2S.ClH/c22-15(21-8-5-17(6-9-21)4-7-18-12-17)2-1-14-19-16(20-23-14)13-3-10-24-11-13;/h3,10-11,18H,1-2,4-9,12H2;1H. The Morgan fingerprint density at radius 2 is 2.20 bits per heavy atom. The van der Waals surface area contributed by atoms with Gasteiger partial charge in [0.25, 0.3) is 0 Å². The summed E-state index contributed by atoms with van der Waals surface area (Å²) in [6, 6.07) is 1.96. The second-order valence-electron chi connectivity index (χ2n) is 6.83. The molecule has 1 spiro atoms. The Morgan fingerprint density at radius 3 is 2.88 bits per heavy atom. The predicted molar refractivity (Wildman–Crippen MR) is 98.9 cm³/mol. The predicted octanol–water partition coefficient (Wildman–Crippen LogP) is 2.75. The smallest absolute Gasteiger partial charge is 0.227 e. The van der Waals surface area contributed by atoms with E-state index in [9.17, 15) is 4.79 Å². The van der Waals surface area contributed by atoms with Gasteiger partial charge in [-0.2, -0.15) is 16.3 Å².